The van der Waals surface area contributed by atoms with E-state index in [1.54, 1.807) is 6.07 Å². The second kappa shape index (κ2) is 3.90. The lowest BCUT2D eigenvalue weighted by Gasteiger charge is -2.03. The fourth-order valence-electron chi connectivity index (χ4n) is 0.886. The van der Waals surface area contributed by atoms with Crippen molar-refractivity contribution in [2.24, 2.45) is 0 Å². The second-order valence-electron chi connectivity index (χ2n) is 2.31. The Labute approximate surface area is 72.6 Å². The maximum absolute atomic E-state index is 12.2. The summed E-state index contributed by atoms with van der Waals surface area (Å²) in [7, 11) is 0. The quantitative estimate of drug-likeness (QED) is 0.710. The average Bonchev–Trinajstić information content (AvgIpc) is 2.16. The van der Waals surface area contributed by atoms with Crippen molar-refractivity contribution in [3.63, 3.8) is 0 Å². The van der Waals surface area contributed by atoms with Crippen LogP contribution >= 0.6 is 0 Å². The third kappa shape index (κ3) is 1.96. The summed E-state index contributed by atoms with van der Waals surface area (Å²) in [4.78, 5) is 3.31. The first-order valence-corrected chi connectivity index (χ1v) is 3.42. The van der Waals surface area contributed by atoms with E-state index in [0.29, 0.717) is 0 Å². The first kappa shape index (κ1) is 9.52. The lowest BCUT2D eigenvalue weighted by molar-refractivity contribution is 0.144. The number of alkyl halides is 3. The molecule has 0 unspecified atom stereocenters. The number of nitriles is 1. The van der Waals surface area contributed by atoms with Crippen molar-refractivity contribution >= 4 is 0 Å². The van der Waals surface area contributed by atoms with Gasteiger partial charge in [-0.3, -0.25) is 4.98 Å². The van der Waals surface area contributed by atoms with E-state index in [1.807, 2.05) is 0 Å². The van der Waals surface area contributed by atoms with Crippen molar-refractivity contribution < 1.29 is 13.2 Å². The molecule has 0 bridgehead atoms. The van der Waals surface area contributed by atoms with Crippen LogP contribution in [-0.4, -0.2) is 4.98 Å². The van der Waals surface area contributed by atoms with Crippen LogP contribution in [0.2, 0.25) is 0 Å². The molecule has 2 nitrogen and oxygen atoms in total. The van der Waals surface area contributed by atoms with E-state index in [2.05, 4.69) is 4.98 Å². The fourth-order valence-corrected chi connectivity index (χ4v) is 0.886. The molecule has 1 aromatic heterocycles. The van der Waals surface area contributed by atoms with Crippen LogP contribution in [0.5, 0.6) is 0 Å². The van der Waals surface area contributed by atoms with Crippen LogP contribution < -0.4 is 0 Å². The van der Waals surface area contributed by atoms with Gasteiger partial charge in [0.1, 0.15) is 18.4 Å². The van der Waals surface area contributed by atoms with E-state index in [9.17, 15) is 13.2 Å². The van der Waals surface area contributed by atoms with Gasteiger partial charge in [0.25, 0.3) is 6.43 Å². The molecule has 5 heteroatoms. The van der Waals surface area contributed by atoms with Crippen molar-refractivity contribution in [2.75, 3.05) is 0 Å². The molecule has 0 saturated carbocycles. The SMILES string of the molecule is N#Cc1cnc(C(F)F)c(CF)c1. The highest BCUT2D eigenvalue weighted by Crippen LogP contribution is 2.21. The standard InChI is InChI=1S/C8H5F3N2/c9-2-6-1-5(3-12)4-13-7(6)8(10)11/h1,4,8H,2H2. The number of hydrogen-bond donors (Lipinski definition) is 0. The normalized spacial score (nSPS) is 10.1. The number of halogens is 3. The Morgan fingerprint density at radius 2 is 2.23 bits per heavy atom. The van der Waals surface area contributed by atoms with Gasteiger partial charge in [0, 0.05) is 11.8 Å². The van der Waals surface area contributed by atoms with Gasteiger partial charge in [0.15, 0.2) is 0 Å². The van der Waals surface area contributed by atoms with Crippen molar-refractivity contribution in [3.8, 4) is 6.07 Å². The van der Waals surface area contributed by atoms with Gasteiger partial charge in [-0.2, -0.15) is 5.26 Å². The van der Waals surface area contributed by atoms with Crippen LogP contribution in [0.3, 0.4) is 0 Å². The maximum atomic E-state index is 12.2. The van der Waals surface area contributed by atoms with E-state index in [0.717, 1.165) is 12.3 Å². The van der Waals surface area contributed by atoms with Crippen molar-refractivity contribution in [1.82, 2.24) is 4.98 Å². The molecule has 0 fully saturated rings. The number of pyridine rings is 1. The molecule has 0 amide bonds. The highest BCUT2D eigenvalue weighted by molar-refractivity contribution is 5.33. The van der Waals surface area contributed by atoms with Gasteiger partial charge in [-0.05, 0) is 6.07 Å². The molecule has 0 aromatic carbocycles. The first-order valence-electron chi connectivity index (χ1n) is 3.42. The summed E-state index contributed by atoms with van der Waals surface area (Å²) in [5, 5.41) is 8.39. The fraction of sp³-hybridized carbons (Fsp3) is 0.250. The predicted octanol–water partition coefficient (Wildman–Crippen LogP) is 2.36. The molecule has 0 aliphatic carbocycles. The summed E-state index contributed by atoms with van der Waals surface area (Å²) in [5.74, 6) is 0. The molecule has 0 N–H and O–H groups in total. The molecule has 1 aromatic rings. The number of rotatable bonds is 2. The minimum absolute atomic E-state index is 0.0806. The van der Waals surface area contributed by atoms with Crippen molar-refractivity contribution in [2.45, 2.75) is 13.1 Å². The Bertz CT molecular complexity index is 344. The highest BCUT2D eigenvalue weighted by atomic mass is 19.3. The number of hydrogen-bond acceptors (Lipinski definition) is 2. The summed E-state index contributed by atoms with van der Waals surface area (Å²) in [6.07, 6.45) is -1.81. The molecule has 0 spiro atoms. The smallest absolute Gasteiger partial charge is 0.254 e. The van der Waals surface area contributed by atoms with Gasteiger partial charge in [-0.1, -0.05) is 0 Å². The summed E-state index contributed by atoms with van der Waals surface area (Å²) in [5.41, 5.74) is -0.743. The maximum Gasteiger partial charge on any atom is 0.280 e. The van der Waals surface area contributed by atoms with Gasteiger partial charge < -0.3 is 0 Å². The van der Waals surface area contributed by atoms with Crippen LogP contribution in [0.4, 0.5) is 13.2 Å². The van der Waals surface area contributed by atoms with Gasteiger partial charge in [0.05, 0.1) is 5.56 Å². The predicted molar refractivity (Wildman–Crippen MR) is 38.7 cm³/mol. The van der Waals surface area contributed by atoms with Crippen molar-refractivity contribution in [3.05, 3.63) is 29.1 Å². The van der Waals surface area contributed by atoms with Gasteiger partial charge >= 0.3 is 0 Å². The number of nitrogens with zero attached hydrogens (tertiary/aromatic N) is 2. The molecule has 0 saturated heterocycles. The Balaban J connectivity index is 3.17. The zero-order valence-corrected chi connectivity index (χ0v) is 6.47. The van der Waals surface area contributed by atoms with Gasteiger partial charge in [-0.25, -0.2) is 13.2 Å². The molecule has 0 aliphatic rings. The van der Waals surface area contributed by atoms with Crippen molar-refractivity contribution in [1.29, 1.82) is 5.26 Å². The molecule has 68 valence electrons. The van der Waals surface area contributed by atoms with Crippen LogP contribution in [0.1, 0.15) is 23.2 Å². The third-order valence-corrected chi connectivity index (χ3v) is 1.48. The van der Waals surface area contributed by atoms with Crippen LogP contribution in [0.15, 0.2) is 12.3 Å². The lowest BCUT2D eigenvalue weighted by Crippen LogP contribution is -1.97. The number of aromatic nitrogens is 1. The minimum Gasteiger partial charge on any atom is -0.254 e. The monoisotopic (exact) mass is 186 g/mol. The van der Waals surface area contributed by atoms with Crippen LogP contribution in [0.25, 0.3) is 0 Å². The summed E-state index contributed by atoms with van der Waals surface area (Å²) >= 11 is 0. The second-order valence-corrected chi connectivity index (χ2v) is 2.31. The molecule has 13 heavy (non-hydrogen) atoms. The Morgan fingerprint density at radius 3 is 2.69 bits per heavy atom. The Kier molecular flexibility index (Phi) is 2.85. The van der Waals surface area contributed by atoms with Gasteiger partial charge in [-0.15, -0.1) is 0 Å². The van der Waals surface area contributed by atoms with Gasteiger partial charge in [0.2, 0.25) is 0 Å². The third-order valence-electron chi connectivity index (χ3n) is 1.48. The summed E-state index contributed by atoms with van der Waals surface area (Å²) < 4.78 is 36.5. The zero-order valence-electron chi connectivity index (χ0n) is 6.47. The molecular weight excluding hydrogens is 181 g/mol. The van der Waals surface area contributed by atoms with E-state index in [1.165, 1.54) is 0 Å². The average molecular weight is 186 g/mol. The molecule has 0 radical (unpaired) electrons. The minimum atomic E-state index is -2.81. The van der Waals surface area contributed by atoms with Crippen LogP contribution in [0, 0.1) is 11.3 Å². The Hall–Kier alpha value is -1.57. The molecular formula is C8H5F3N2. The lowest BCUT2D eigenvalue weighted by atomic mass is 10.1. The largest absolute Gasteiger partial charge is 0.280 e. The molecule has 1 heterocycles. The van der Waals surface area contributed by atoms with E-state index < -0.39 is 18.8 Å². The highest BCUT2D eigenvalue weighted by Gasteiger charge is 2.14. The molecule has 0 aliphatic heterocycles. The Morgan fingerprint density at radius 1 is 1.54 bits per heavy atom. The van der Waals surface area contributed by atoms with E-state index >= 15 is 0 Å². The summed E-state index contributed by atoms with van der Waals surface area (Å²) in [6.45, 7) is -1.04. The van der Waals surface area contributed by atoms with E-state index in [-0.39, 0.29) is 11.1 Å². The topological polar surface area (TPSA) is 36.7 Å². The first-order chi connectivity index (χ1) is 6.19. The summed E-state index contributed by atoms with van der Waals surface area (Å²) in [6, 6.07) is 2.77. The zero-order chi connectivity index (χ0) is 9.84. The van der Waals surface area contributed by atoms with Crippen LogP contribution in [-0.2, 0) is 6.67 Å². The molecule has 1 rings (SSSR count). The molecule has 0 atom stereocenters. The van der Waals surface area contributed by atoms with E-state index in [4.69, 9.17) is 5.26 Å².